The van der Waals surface area contributed by atoms with Gasteiger partial charge in [0.25, 0.3) is 5.91 Å². The Hall–Kier alpha value is -0.820. The molecule has 0 aromatic heterocycles. The number of hydrogen-bond donors (Lipinski definition) is 1. The van der Waals surface area contributed by atoms with Gasteiger partial charge in [0.1, 0.15) is 4.90 Å². The molecule has 1 rings (SSSR count). The van der Waals surface area contributed by atoms with Crippen molar-refractivity contribution in [2.45, 2.75) is 32.6 Å². The number of carbonyl (C=O) groups is 1. The maximum absolute atomic E-state index is 12.5. The van der Waals surface area contributed by atoms with Gasteiger partial charge in [0.05, 0.1) is 15.6 Å². The lowest BCUT2D eigenvalue weighted by Gasteiger charge is -2.20. The molecular formula is C15H22Cl2N2O3S. The summed E-state index contributed by atoms with van der Waals surface area (Å²) in [5.41, 5.74) is 0.129. The largest absolute Gasteiger partial charge is 0.339 e. The normalized spacial score (nSPS) is 11.8. The van der Waals surface area contributed by atoms with Crippen LogP contribution >= 0.6 is 23.2 Å². The highest BCUT2D eigenvalue weighted by Gasteiger charge is 2.24. The number of hydrogen-bond acceptors (Lipinski definition) is 3. The summed E-state index contributed by atoms with van der Waals surface area (Å²) in [6.07, 6.45) is 0. The second-order valence-corrected chi connectivity index (χ2v) is 8.04. The third-order valence-corrected chi connectivity index (χ3v) is 5.47. The molecule has 0 radical (unpaired) electrons. The molecule has 0 atom stereocenters. The van der Waals surface area contributed by atoms with E-state index >= 15 is 0 Å². The Kier molecular flexibility index (Phi) is 7.32. The highest BCUT2D eigenvalue weighted by Crippen LogP contribution is 2.29. The van der Waals surface area contributed by atoms with E-state index in [4.69, 9.17) is 23.2 Å². The Balaban J connectivity index is 3.31. The van der Waals surface area contributed by atoms with Crippen LogP contribution in [0.25, 0.3) is 0 Å². The Morgan fingerprint density at radius 1 is 1.17 bits per heavy atom. The second kappa shape index (κ2) is 8.33. The molecule has 1 N–H and O–H groups in total. The fraction of sp³-hybridized carbons (Fsp3) is 0.533. The molecule has 0 fully saturated rings. The Bertz CT molecular complexity index is 672. The topological polar surface area (TPSA) is 66.5 Å². The van der Waals surface area contributed by atoms with Gasteiger partial charge >= 0.3 is 0 Å². The van der Waals surface area contributed by atoms with Gasteiger partial charge in [-0.3, -0.25) is 4.79 Å². The van der Waals surface area contributed by atoms with Gasteiger partial charge in [0.2, 0.25) is 10.0 Å². The third kappa shape index (κ3) is 5.08. The first-order valence-electron chi connectivity index (χ1n) is 7.42. The van der Waals surface area contributed by atoms with Crippen molar-refractivity contribution in [3.05, 3.63) is 27.7 Å². The molecular weight excluding hydrogens is 359 g/mol. The quantitative estimate of drug-likeness (QED) is 0.787. The van der Waals surface area contributed by atoms with Gasteiger partial charge in [0, 0.05) is 19.6 Å². The second-order valence-electron chi connectivity index (χ2n) is 5.49. The highest BCUT2D eigenvalue weighted by molar-refractivity contribution is 7.89. The molecule has 0 saturated carbocycles. The van der Waals surface area contributed by atoms with Crippen LogP contribution in [-0.2, 0) is 10.0 Å². The van der Waals surface area contributed by atoms with Crippen LogP contribution in [0.5, 0.6) is 0 Å². The smallest absolute Gasteiger partial charge is 0.255 e. The van der Waals surface area contributed by atoms with E-state index in [1.54, 1.807) is 4.90 Å². The lowest BCUT2D eigenvalue weighted by Crippen LogP contribution is -2.31. The fourth-order valence-corrected chi connectivity index (χ4v) is 4.00. The summed E-state index contributed by atoms with van der Waals surface area (Å²) in [5, 5.41) is 0.122. The predicted molar refractivity (Wildman–Crippen MR) is 93.7 cm³/mol. The summed E-state index contributed by atoms with van der Waals surface area (Å²) in [6, 6.07) is 2.54. The first-order chi connectivity index (χ1) is 10.6. The van der Waals surface area contributed by atoms with Crippen molar-refractivity contribution in [2.24, 2.45) is 5.92 Å². The van der Waals surface area contributed by atoms with Crippen molar-refractivity contribution in [2.75, 3.05) is 19.6 Å². The lowest BCUT2D eigenvalue weighted by atomic mass is 10.2. The molecule has 1 aromatic carbocycles. The van der Waals surface area contributed by atoms with Crippen molar-refractivity contribution in [1.29, 1.82) is 0 Å². The molecule has 0 spiro atoms. The van der Waals surface area contributed by atoms with E-state index in [0.29, 0.717) is 13.1 Å². The summed E-state index contributed by atoms with van der Waals surface area (Å²) in [5.74, 6) is -0.176. The molecule has 0 bridgehead atoms. The van der Waals surface area contributed by atoms with Gasteiger partial charge in [-0.05, 0) is 31.9 Å². The van der Waals surface area contributed by atoms with Crippen molar-refractivity contribution < 1.29 is 13.2 Å². The molecule has 8 heteroatoms. The number of nitrogens with zero attached hydrogens (tertiary/aromatic N) is 1. The molecule has 5 nitrogen and oxygen atoms in total. The zero-order valence-electron chi connectivity index (χ0n) is 13.7. The molecule has 0 heterocycles. The maximum atomic E-state index is 12.5. The van der Waals surface area contributed by atoms with Crippen molar-refractivity contribution >= 4 is 39.1 Å². The molecule has 1 amide bonds. The first kappa shape index (κ1) is 20.2. The molecule has 130 valence electrons. The van der Waals surface area contributed by atoms with Crippen LogP contribution in [0.2, 0.25) is 10.0 Å². The predicted octanol–water partition coefficient (Wildman–Crippen LogP) is 3.41. The molecule has 0 aliphatic rings. The average Bonchev–Trinajstić information content (AvgIpc) is 2.46. The molecule has 0 unspecified atom stereocenters. The standard InChI is InChI=1S/C15H22Cl2N2O3S/c1-5-19(6-2)15(20)11-7-14(13(17)8-12(11)16)23(21,22)18-9-10(3)4/h7-8,10,18H,5-6,9H2,1-4H3. The summed E-state index contributed by atoms with van der Waals surface area (Å²) in [7, 11) is -3.81. The first-order valence-corrected chi connectivity index (χ1v) is 9.65. The van der Waals surface area contributed by atoms with Crippen molar-refractivity contribution in [3.8, 4) is 0 Å². The number of sulfonamides is 1. The average molecular weight is 381 g/mol. The fourth-order valence-electron chi connectivity index (χ4n) is 1.93. The molecule has 0 saturated heterocycles. The Morgan fingerprint density at radius 2 is 1.74 bits per heavy atom. The van der Waals surface area contributed by atoms with Gasteiger partial charge in [-0.15, -0.1) is 0 Å². The van der Waals surface area contributed by atoms with Crippen LogP contribution in [0.3, 0.4) is 0 Å². The molecule has 23 heavy (non-hydrogen) atoms. The van der Waals surface area contributed by atoms with Gasteiger partial charge < -0.3 is 4.90 Å². The van der Waals surface area contributed by atoms with E-state index in [1.807, 2.05) is 27.7 Å². The molecule has 1 aromatic rings. The van der Waals surface area contributed by atoms with Crippen LogP contribution in [0.4, 0.5) is 0 Å². The van der Waals surface area contributed by atoms with Gasteiger partial charge in [-0.25, -0.2) is 13.1 Å². The zero-order chi connectivity index (χ0) is 17.8. The summed E-state index contributed by atoms with van der Waals surface area (Å²) < 4.78 is 27.3. The minimum absolute atomic E-state index is 0.0117. The maximum Gasteiger partial charge on any atom is 0.255 e. The summed E-state index contributed by atoms with van der Waals surface area (Å²) in [4.78, 5) is 13.9. The number of carbonyl (C=O) groups excluding carboxylic acids is 1. The van der Waals surface area contributed by atoms with Crippen LogP contribution in [0.1, 0.15) is 38.1 Å². The number of nitrogens with one attached hydrogen (secondary N) is 1. The number of rotatable bonds is 7. The van der Waals surface area contributed by atoms with Crippen molar-refractivity contribution in [1.82, 2.24) is 9.62 Å². The van der Waals surface area contributed by atoms with E-state index in [-0.39, 0.29) is 38.9 Å². The van der Waals surface area contributed by atoms with E-state index in [2.05, 4.69) is 4.72 Å². The van der Waals surface area contributed by atoms with Crippen LogP contribution in [0.15, 0.2) is 17.0 Å². The minimum Gasteiger partial charge on any atom is -0.339 e. The van der Waals surface area contributed by atoms with E-state index in [9.17, 15) is 13.2 Å². The zero-order valence-corrected chi connectivity index (χ0v) is 16.0. The van der Waals surface area contributed by atoms with E-state index < -0.39 is 10.0 Å². The Morgan fingerprint density at radius 3 is 2.22 bits per heavy atom. The number of halogens is 2. The number of amides is 1. The van der Waals surface area contributed by atoms with Crippen LogP contribution < -0.4 is 4.72 Å². The highest BCUT2D eigenvalue weighted by atomic mass is 35.5. The van der Waals surface area contributed by atoms with Crippen molar-refractivity contribution in [3.63, 3.8) is 0 Å². The van der Waals surface area contributed by atoms with Crippen LogP contribution in [0, 0.1) is 5.92 Å². The van der Waals surface area contributed by atoms with Gasteiger partial charge in [0.15, 0.2) is 0 Å². The SMILES string of the molecule is CCN(CC)C(=O)c1cc(S(=O)(=O)NCC(C)C)c(Cl)cc1Cl. The summed E-state index contributed by atoms with van der Waals surface area (Å²) in [6.45, 7) is 8.74. The van der Waals surface area contributed by atoms with E-state index in [1.165, 1.54) is 12.1 Å². The monoisotopic (exact) mass is 380 g/mol. The Labute approximate surface area is 148 Å². The number of benzene rings is 1. The summed E-state index contributed by atoms with van der Waals surface area (Å²) >= 11 is 12.1. The van der Waals surface area contributed by atoms with Gasteiger partial charge in [-0.2, -0.15) is 0 Å². The lowest BCUT2D eigenvalue weighted by molar-refractivity contribution is 0.0773. The molecule has 0 aliphatic heterocycles. The minimum atomic E-state index is -3.81. The van der Waals surface area contributed by atoms with E-state index in [0.717, 1.165) is 0 Å². The van der Waals surface area contributed by atoms with Crippen LogP contribution in [-0.4, -0.2) is 38.9 Å². The molecule has 0 aliphatic carbocycles. The third-order valence-electron chi connectivity index (χ3n) is 3.27. The van der Waals surface area contributed by atoms with Gasteiger partial charge in [-0.1, -0.05) is 37.0 Å².